The number of hydrogen-bond acceptors (Lipinski definition) is 2. The second kappa shape index (κ2) is 3.34. The highest BCUT2D eigenvalue weighted by atomic mass is 19.1. The fourth-order valence-electron chi connectivity index (χ4n) is 1.49. The van der Waals surface area contributed by atoms with E-state index in [1.54, 1.807) is 6.07 Å². The topological polar surface area (TPSA) is 57.6 Å². The van der Waals surface area contributed by atoms with Crippen molar-refractivity contribution in [1.82, 2.24) is 0 Å². The number of carbonyl (C=O) groups excluding carboxylic acids is 1. The van der Waals surface area contributed by atoms with Gasteiger partial charge in [0.25, 0.3) is 0 Å². The molecule has 78 valence electrons. The number of aliphatic carboxylic acids is 1. The second-order valence-electron chi connectivity index (χ2n) is 3.32. The summed E-state index contributed by atoms with van der Waals surface area (Å²) >= 11 is 0. The van der Waals surface area contributed by atoms with Crippen LogP contribution in [0.5, 0.6) is 0 Å². The Labute approximate surface area is 84.9 Å². The van der Waals surface area contributed by atoms with Crippen LogP contribution in [-0.4, -0.2) is 23.5 Å². The number of amides is 1. The van der Waals surface area contributed by atoms with E-state index < -0.39 is 23.6 Å². The van der Waals surface area contributed by atoms with E-state index >= 15 is 0 Å². The van der Waals surface area contributed by atoms with Gasteiger partial charge in [0.05, 0.1) is 0 Å². The summed E-state index contributed by atoms with van der Waals surface area (Å²) in [5, 5.41) is 8.60. The molecule has 0 radical (unpaired) electrons. The zero-order chi connectivity index (χ0) is 11.0. The van der Waals surface area contributed by atoms with Crippen LogP contribution in [0, 0.1) is 11.7 Å². The maximum atomic E-state index is 12.8. The molecule has 1 aromatic carbocycles. The molecular formula is C10H8FNO3. The quantitative estimate of drug-likeness (QED) is 0.580. The lowest BCUT2D eigenvalue weighted by molar-refractivity contribution is -0.149. The Kier molecular flexibility index (Phi) is 2.15. The van der Waals surface area contributed by atoms with Crippen molar-refractivity contribution in [1.29, 1.82) is 0 Å². The number of rotatable bonds is 2. The van der Waals surface area contributed by atoms with Crippen LogP contribution in [0.3, 0.4) is 0 Å². The molecule has 1 amide bonds. The number of carboxylic acids is 1. The molecule has 4 nitrogen and oxygen atoms in total. The Balaban J connectivity index is 2.16. The Morgan fingerprint density at radius 3 is 2.80 bits per heavy atom. The summed E-state index contributed by atoms with van der Waals surface area (Å²) in [5.74, 6) is -3.05. The lowest BCUT2D eigenvalue weighted by Gasteiger charge is -2.35. The van der Waals surface area contributed by atoms with Gasteiger partial charge in [0, 0.05) is 12.2 Å². The smallest absolute Gasteiger partial charge is 0.317 e. The Morgan fingerprint density at radius 1 is 1.53 bits per heavy atom. The van der Waals surface area contributed by atoms with Gasteiger partial charge in [-0.2, -0.15) is 0 Å². The molecule has 0 bridgehead atoms. The summed E-state index contributed by atoms with van der Waals surface area (Å²) in [7, 11) is 0. The zero-order valence-corrected chi connectivity index (χ0v) is 7.68. The normalized spacial score (nSPS) is 19.9. The van der Waals surface area contributed by atoms with E-state index in [0.717, 1.165) is 0 Å². The predicted octanol–water partition coefficient (Wildman–Crippen LogP) is 0.873. The highest BCUT2D eigenvalue weighted by molar-refractivity contribution is 6.12. The third-order valence-electron chi connectivity index (χ3n) is 2.35. The summed E-state index contributed by atoms with van der Waals surface area (Å²) < 4.78 is 12.8. The van der Waals surface area contributed by atoms with Crippen LogP contribution in [0.1, 0.15) is 0 Å². The average molecular weight is 209 g/mol. The van der Waals surface area contributed by atoms with E-state index in [9.17, 15) is 14.0 Å². The first-order valence-electron chi connectivity index (χ1n) is 4.39. The molecule has 1 fully saturated rings. The first kappa shape index (κ1) is 9.64. The Morgan fingerprint density at radius 2 is 2.27 bits per heavy atom. The molecule has 1 heterocycles. The predicted molar refractivity (Wildman–Crippen MR) is 49.9 cm³/mol. The number of benzene rings is 1. The van der Waals surface area contributed by atoms with Crippen LogP contribution in [0.25, 0.3) is 0 Å². The summed E-state index contributed by atoms with van der Waals surface area (Å²) in [6.07, 6.45) is 0. The maximum Gasteiger partial charge on any atom is 0.317 e. The minimum Gasteiger partial charge on any atom is -0.481 e. The van der Waals surface area contributed by atoms with Gasteiger partial charge < -0.3 is 10.0 Å². The van der Waals surface area contributed by atoms with Gasteiger partial charge in [0.2, 0.25) is 5.91 Å². The number of halogens is 1. The lowest BCUT2D eigenvalue weighted by atomic mass is 9.98. The number of anilines is 1. The standard InChI is InChI=1S/C10H8FNO3/c11-6-2-1-3-7(4-6)12-5-8(9(12)13)10(14)15/h1-4,8H,5H2,(H,14,15). The van der Waals surface area contributed by atoms with Crippen molar-refractivity contribution in [2.45, 2.75) is 0 Å². The van der Waals surface area contributed by atoms with E-state index in [4.69, 9.17) is 5.11 Å². The first-order chi connectivity index (χ1) is 7.09. The van der Waals surface area contributed by atoms with Crippen LogP contribution >= 0.6 is 0 Å². The largest absolute Gasteiger partial charge is 0.481 e. The maximum absolute atomic E-state index is 12.8. The van der Waals surface area contributed by atoms with Crippen molar-refractivity contribution in [3.8, 4) is 0 Å². The Bertz CT molecular complexity index is 432. The van der Waals surface area contributed by atoms with Crippen LogP contribution in [-0.2, 0) is 9.59 Å². The number of nitrogens with zero attached hydrogens (tertiary/aromatic N) is 1. The number of hydrogen-bond donors (Lipinski definition) is 1. The molecule has 1 saturated heterocycles. The van der Waals surface area contributed by atoms with Gasteiger partial charge in [-0.25, -0.2) is 4.39 Å². The van der Waals surface area contributed by atoms with Crippen LogP contribution in [0.4, 0.5) is 10.1 Å². The minimum atomic E-state index is -1.13. The number of β-lactam (4-membered cyclic amide) rings is 1. The fourth-order valence-corrected chi connectivity index (χ4v) is 1.49. The van der Waals surface area contributed by atoms with Gasteiger partial charge in [-0.05, 0) is 18.2 Å². The molecule has 1 unspecified atom stereocenters. The van der Waals surface area contributed by atoms with Gasteiger partial charge >= 0.3 is 5.97 Å². The van der Waals surface area contributed by atoms with E-state index in [1.165, 1.54) is 23.1 Å². The fraction of sp³-hybridized carbons (Fsp3) is 0.200. The molecule has 1 aliphatic heterocycles. The second-order valence-corrected chi connectivity index (χ2v) is 3.32. The molecule has 1 aliphatic rings. The van der Waals surface area contributed by atoms with Gasteiger partial charge in [-0.15, -0.1) is 0 Å². The van der Waals surface area contributed by atoms with Crippen molar-refractivity contribution < 1.29 is 19.1 Å². The molecule has 5 heteroatoms. The van der Waals surface area contributed by atoms with Gasteiger partial charge in [0.15, 0.2) is 5.92 Å². The zero-order valence-electron chi connectivity index (χ0n) is 7.68. The van der Waals surface area contributed by atoms with Crippen molar-refractivity contribution in [2.75, 3.05) is 11.4 Å². The molecule has 0 spiro atoms. The van der Waals surface area contributed by atoms with E-state index in [-0.39, 0.29) is 6.54 Å². The monoisotopic (exact) mass is 209 g/mol. The number of carboxylic acid groups (broad SMARTS) is 1. The van der Waals surface area contributed by atoms with Gasteiger partial charge in [0.1, 0.15) is 5.82 Å². The molecule has 0 saturated carbocycles. The highest BCUT2D eigenvalue weighted by Crippen LogP contribution is 2.26. The summed E-state index contributed by atoms with van der Waals surface area (Å²) in [6.45, 7) is 0.109. The molecule has 2 rings (SSSR count). The summed E-state index contributed by atoms with van der Waals surface area (Å²) in [5.41, 5.74) is 0.400. The molecule has 15 heavy (non-hydrogen) atoms. The summed E-state index contributed by atoms with van der Waals surface area (Å²) in [6, 6.07) is 5.52. The van der Waals surface area contributed by atoms with Gasteiger partial charge in [-0.3, -0.25) is 9.59 Å². The summed E-state index contributed by atoms with van der Waals surface area (Å²) in [4.78, 5) is 23.1. The van der Waals surface area contributed by atoms with Crippen LogP contribution in [0.2, 0.25) is 0 Å². The molecule has 0 aliphatic carbocycles. The van der Waals surface area contributed by atoms with Crippen molar-refractivity contribution in [2.24, 2.45) is 5.92 Å². The molecule has 1 aromatic rings. The van der Waals surface area contributed by atoms with E-state index in [0.29, 0.717) is 5.69 Å². The van der Waals surface area contributed by atoms with E-state index in [2.05, 4.69) is 0 Å². The average Bonchev–Trinajstić information content (AvgIpc) is 2.15. The van der Waals surface area contributed by atoms with Crippen molar-refractivity contribution >= 4 is 17.6 Å². The van der Waals surface area contributed by atoms with Crippen molar-refractivity contribution in [3.05, 3.63) is 30.1 Å². The molecule has 1 atom stereocenters. The SMILES string of the molecule is O=C(O)C1CN(c2cccc(F)c2)C1=O. The third kappa shape index (κ3) is 1.56. The number of carbonyl (C=O) groups is 2. The van der Waals surface area contributed by atoms with Crippen LogP contribution < -0.4 is 4.90 Å². The minimum absolute atomic E-state index is 0.109. The van der Waals surface area contributed by atoms with Crippen LogP contribution in [0.15, 0.2) is 24.3 Å². The molecule has 0 aromatic heterocycles. The molecular weight excluding hydrogens is 201 g/mol. The lowest BCUT2D eigenvalue weighted by Crippen LogP contribution is -2.56. The molecule has 1 N–H and O–H groups in total. The van der Waals surface area contributed by atoms with Gasteiger partial charge in [-0.1, -0.05) is 6.07 Å². The third-order valence-corrected chi connectivity index (χ3v) is 2.35. The Hall–Kier alpha value is -1.91. The van der Waals surface area contributed by atoms with Crippen molar-refractivity contribution in [3.63, 3.8) is 0 Å². The highest BCUT2D eigenvalue weighted by Gasteiger charge is 2.42. The van der Waals surface area contributed by atoms with E-state index in [1.807, 2.05) is 0 Å². The first-order valence-corrected chi connectivity index (χ1v) is 4.39.